The molecule has 0 amide bonds. The van der Waals surface area contributed by atoms with E-state index in [9.17, 15) is 5.26 Å². The molecule has 4 unspecified atom stereocenters. The lowest BCUT2D eigenvalue weighted by molar-refractivity contribution is 0.212. The molecule has 4 atom stereocenters. The Morgan fingerprint density at radius 3 is 2.56 bits per heavy atom. The van der Waals surface area contributed by atoms with Gasteiger partial charge in [-0.15, -0.1) is 0 Å². The normalized spacial score (nSPS) is 41.4. The van der Waals surface area contributed by atoms with Gasteiger partial charge < -0.3 is 10.2 Å². The van der Waals surface area contributed by atoms with Gasteiger partial charge in [0.1, 0.15) is 5.54 Å². The topological polar surface area (TPSA) is 42.3 Å². The zero-order valence-electron chi connectivity index (χ0n) is 12.1. The third-order valence-corrected chi connectivity index (χ3v) is 4.96. The Morgan fingerprint density at radius 1 is 1.39 bits per heavy atom. The number of likely N-dealkylation sites (N-methyl/N-ethyl adjacent to an activating group) is 1. The third kappa shape index (κ3) is 2.40. The van der Waals surface area contributed by atoms with Crippen LogP contribution in [0.3, 0.4) is 0 Å². The quantitative estimate of drug-likeness (QED) is 0.808. The number of likely N-dealkylation sites (tertiary alicyclic amines) is 1. The van der Waals surface area contributed by atoms with Crippen molar-refractivity contribution in [1.29, 1.82) is 5.26 Å². The van der Waals surface area contributed by atoms with Crippen molar-refractivity contribution < 1.29 is 0 Å². The van der Waals surface area contributed by atoms with Gasteiger partial charge in [0.2, 0.25) is 0 Å². The molecule has 18 heavy (non-hydrogen) atoms. The van der Waals surface area contributed by atoms with Crippen molar-refractivity contribution in [2.75, 3.05) is 34.2 Å². The fourth-order valence-corrected chi connectivity index (χ4v) is 3.67. The first-order valence-electron chi connectivity index (χ1n) is 7.02. The van der Waals surface area contributed by atoms with Gasteiger partial charge in [0, 0.05) is 25.2 Å². The number of nitrogens with zero attached hydrogens (tertiary/aromatic N) is 3. The highest BCUT2D eigenvalue weighted by molar-refractivity contribution is 5.13. The molecule has 1 heterocycles. The molecule has 0 bridgehead atoms. The van der Waals surface area contributed by atoms with Gasteiger partial charge in [0.15, 0.2) is 0 Å². The molecule has 2 aliphatic rings. The smallest absolute Gasteiger partial charge is 0.108 e. The average Bonchev–Trinajstić information content (AvgIpc) is 2.93. The van der Waals surface area contributed by atoms with Gasteiger partial charge in [-0.2, -0.15) is 5.26 Å². The standard InChI is InChI=1S/C14H26N4/c1-11-8-18(9-13(11)17(3)4)12-5-6-14(7-12,10-15)16-2/h11-13,16H,5-9H2,1-4H3. The lowest BCUT2D eigenvalue weighted by atomic mass is 10.00. The molecular formula is C14H26N4. The molecule has 1 aliphatic carbocycles. The number of rotatable bonds is 3. The van der Waals surface area contributed by atoms with Crippen LogP contribution in [-0.2, 0) is 0 Å². The van der Waals surface area contributed by atoms with Crippen LogP contribution in [0.2, 0.25) is 0 Å². The van der Waals surface area contributed by atoms with Crippen molar-refractivity contribution in [3.63, 3.8) is 0 Å². The summed E-state index contributed by atoms with van der Waals surface area (Å²) < 4.78 is 0. The Balaban J connectivity index is 1.98. The molecule has 0 radical (unpaired) electrons. The summed E-state index contributed by atoms with van der Waals surface area (Å²) in [6.07, 6.45) is 3.12. The molecule has 2 fully saturated rings. The lowest BCUT2D eigenvalue weighted by Gasteiger charge is -2.27. The summed E-state index contributed by atoms with van der Waals surface area (Å²) in [6, 6.07) is 3.73. The predicted octanol–water partition coefficient (Wildman–Crippen LogP) is 0.903. The van der Waals surface area contributed by atoms with Crippen molar-refractivity contribution in [1.82, 2.24) is 15.1 Å². The van der Waals surface area contributed by atoms with Gasteiger partial charge in [-0.05, 0) is 46.3 Å². The molecule has 4 heteroatoms. The van der Waals surface area contributed by atoms with Gasteiger partial charge in [-0.25, -0.2) is 0 Å². The van der Waals surface area contributed by atoms with E-state index in [2.05, 4.69) is 42.2 Å². The first-order chi connectivity index (χ1) is 8.51. The molecular weight excluding hydrogens is 224 g/mol. The molecule has 0 aromatic carbocycles. The molecule has 1 saturated heterocycles. The largest absolute Gasteiger partial charge is 0.305 e. The number of hydrogen-bond acceptors (Lipinski definition) is 4. The highest BCUT2D eigenvalue weighted by Crippen LogP contribution is 2.35. The second kappa shape index (κ2) is 5.16. The van der Waals surface area contributed by atoms with Crippen LogP contribution in [0.1, 0.15) is 26.2 Å². The third-order valence-electron chi connectivity index (χ3n) is 4.96. The number of hydrogen-bond donors (Lipinski definition) is 1. The lowest BCUT2D eigenvalue weighted by Crippen LogP contribution is -2.42. The van der Waals surface area contributed by atoms with Crippen LogP contribution >= 0.6 is 0 Å². The molecule has 2 rings (SSSR count). The minimum absolute atomic E-state index is 0.274. The van der Waals surface area contributed by atoms with Crippen molar-refractivity contribution in [2.24, 2.45) is 5.92 Å². The van der Waals surface area contributed by atoms with Gasteiger partial charge in [-0.3, -0.25) is 4.90 Å². The van der Waals surface area contributed by atoms with Crippen LogP contribution < -0.4 is 5.32 Å². The summed E-state index contributed by atoms with van der Waals surface area (Å²) >= 11 is 0. The minimum atomic E-state index is -0.274. The minimum Gasteiger partial charge on any atom is -0.305 e. The Hall–Kier alpha value is -0.630. The van der Waals surface area contributed by atoms with E-state index < -0.39 is 0 Å². The molecule has 0 aromatic heterocycles. The summed E-state index contributed by atoms with van der Waals surface area (Å²) in [4.78, 5) is 4.95. The summed E-state index contributed by atoms with van der Waals surface area (Å²) in [5.74, 6) is 0.728. The zero-order valence-corrected chi connectivity index (χ0v) is 12.1. The van der Waals surface area contributed by atoms with Crippen molar-refractivity contribution >= 4 is 0 Å². The summed E-state index contributed by atoms with van der Waals surface area (Å²) in [5.41, 5.74) is -0.274. The van der Waals surface area contributed by atoms with E-state index in [1.807, 2.05) is 7.05 Å². The van der Waals surface area contributed by atoms with E-state index in [1.165, 1.54) is 6.54 Å². The van der Waals surface area contributed by atoms with E-state index in [0.29, 0.717) is 12.1 Å². The molecule has 0 aromatic rings. The molecule has 102 valence electrons. The van der Waals surface area contributed by atoms with Crippen LogP contribution in [0, 0.1) is 17.2 Å². The Morgan fingerprint density at radius 2 is 2.11 bits per heavy atom. The Bertz CT molecular complexity index is 335. The first kappa shape index (κ1) is 13.8. The average molecular weight is 250 g/mol. The summed E-state index contributed by atoms with van der Waals surface area (Å²) in [5, 5.41) is 12.6. The zero-order chi connectivity index (χ0) is 13.3. The maximum atomic E-state index is 9.33. The van der Waals surface area contributed by atoms with E-state index >= 15 is 0 Å². The molecule has 1 N–H and O–H groups in total. The van der Waals surface area contributed by atoms with E-state index in [0.717, 1.165) is 31.7 Å². The van der Waals surface area contributed by atoms with Gasteiger partial charge in [0.25, 0.3) is 0 Å². The number of nitrogens with one attached hydrogen (secondary N) is 1. The predicted molar refractivity (Wildman–Crippen MR) is 73.3 cm³/mol. The van der Waals surface area contributed by atoms with Crippen LogP contribution in [-0.4, -0.2) is 61.7 Å². The van der Waals surface area contributed by atoms with Crippen molar-refractivity contribution in [3.8, 4) is 6.07 Å². The molecule has 1 aliphatic heterocycles. The van der Waals surface area contributed by atoms with Gasteiger partial charge in [-0.1, -0.05) is 6.92 Å². The fraction of sp³-hybridized carbons (Fsp3) is 0.929. The molecule has 1 saturated carbocycles. The fourth-order valence-electron chi connectivity index (χ4n) is 3.67. The monoisotopic (exact) mass is 250 g/mol. The Kier molecular flexibility index (Phi) is 3.96. The van der Waals surface area contributed by atoms with Crippen LogP contribution in [0.25, 0.3) is 0 Å². The summed E-state index contributed by atoms with van der Waals surface area (Å²) in [6.45, 7) is 4.68. The highest BCUT2D eigenvalue weighted by atomic mass is 15.3. The SMILES string of the molecule is CNC1(C#N)CCC(N2CC(C)C(N(C)C)C2)C1. The van der Waals surface area contributed by atoms with E-state index in [4.69, 9.17) is 0 Å². The first-order valence-corrected chi connectivity index (χ1v) is 7.02. The van der Waals surface area contributed by atoms with E-state index in [-0.39, 0.29) is 5.54 Å². The maximum absolute atomic E-state index is 9.33. The highest BCUT2D eigenvalue weighted by Gasteiger charge is 2.43. The summed E-state index contributed by atoms with van der Waals surface area (Å²) in [7, 11) is 6.26. The molecule has 0 spiro atoms. The Labute approximate surface area is 111 Å². The van der Waals surface area contributed by atoms with E-state index in [1.54, 1.807) is 0 Å². The van der Waals surface area contributed by atoms with Gasteiger partial charge >= 0.3 is 0 Å². The van der Waals surface area contributed by atoms with Crippen molar-refractivity contribution in [2.45, 2.75) is 43.8 Å². The number of nitriles is 1. The maximum Gasteiger partial charge on any atom is 0.108 e. The van der Waals surface area contributed by atoms with Crippen LogP contribution in [0.4, 0.5) is 0 Å². The van der Waals surface area contributed by atoms with Crippen molar-refractivity contribution in [3.05, 3.63) is 0 Å². The second-order valence-electron chi connectivity index (χ2n) is 6.30. The van der Waals surface area contributed by atoms with Crippen LogP contribution in [0.15, 0.2) is 0 Å². The second-order valence-corrected chi connectivity index (χ2v) is 6.30. The van der Waals surface area contributed by atoms with Gasteiger partial charge in [0.05, 0.1) is 6.07 Å². The molecule has 4 nitrogen and oxygen atoms in total. The van der Waals surface area contributed by atoms with Crippen LogP contribution in [0.5, 0.6) is 0 Å².